The van der Waals surface area contributed by atoms with Crippen LogP contribution in [0.15, 0.2) is 76.4 Å². The van der Waals surface area contributed by atoms with Crippen molar-refractivity contribution in [2.24, 2.45) is 5.10 Å². The maximum atomic E-state index is 13.1. The number of methoxy groups -OCH3 is 1. The van der Waals surface area contributed by atoms with Crippen molar-refractivity contribution < 1.29 is 13.9 Å². The average Bonchev–Trinajstić information content (AvgIpc) is 3.37. The molecule has 6 heteroatoms. The summed E-state index contributed by atoms with van der Waals surface area (Å²) in [4.78, 5) is 13.1. The van der Waals surface area contributed by atoms with Gasteiger partial charge in [-0.05, 0) is 42.5 Å². The van der Waals surface area contributed by atoms with Crippen molar-refractivity contribution in [3.05, 3.63) is 88.8 Å². The first-order chi connectivity index (χ1) is 13.2. The molecule has 27 heavy (non-hydrogen) atoms. The number of hydrazone groups is 1. The topological polar surface area (TPSA) is 55.0 Å². The largest absolute Gasteiger partial charge is 0.497 e. The van der Waals surface area contributed by atoms with Gasteiger partial charge >= 0.3 is 0 Å². The van der Waals surface area contributed by atoms with Crippen molar-refractivity contribution in [1.29, 1.82) is 0 Å². The third kappa shape index (κ3) is 3.46. The van der Waals surface area contributed by atoms with Gasteiger partial charge in [-0.25, -0.2) is 5.01 Å². The van der Waals surface area contributed by atoms with Gasteiger partial charge in [0.15, 0.2) is 0 Å². The second kappa shape index (κ2) is 7.29. The fourth-order valence-corrected chi connectivity index (χ4v) is 3.32. The van der Waals surface area contributed by atoms with Crippen LogP contribution in [-0.2, 0) is 0 Å². The first kappa shape index (κ1) is 17.4. The molecule has 0 unspecified atom stereocenters. The Morgan fingerprint density at radius 2 is 2.04 bits per heavy atom. The molecule has 4 rings (SSSR count). The molecule has 0 N–H and O–H groups in total. The van der Waals surface area contributed by atoms with E-state index in [4.69, 9.17) is 20.8 Å². The van der Waals surface area contributed by atoms with Crippen molar-refractivity contribution in [2.45, 2.75) is 12.5 Å². The summed E-state index contributed by atoms with van der Waals surface area (Å²) in [5, 5.41) is 6.60. The van der Waals surface area contributed by atoms with Crippen LogP contribution in [-0.4, -0.2) is 23.7 Å². The molecule has 0 spiro atoms. The van der Waals surface area contributed by atoms with Gasteiger partial charge in [-0.2, -0.15) is 5.10 Å². The highest BCUT2D eigenvalue weighted by molar-refractivity contribution is 6.31. The molecule has 2 heterocycles. The Labute approximate surface area is 161 Å². The summed E-state index contributed by atoms with van der Waals surface area (Å²) in [6, 6.07) is 17.8. The van der Waals surface area contributed by atoms with E-state index in [1.54, 1.807) is 43.7 Å². The molecule has 2 aromatic carbocycles. The molecule has 5 nitrogen and oxygen atoms in total. The smallest absolute Gasteiger partial charge is 0.274 e. The highest BCUT2D eigenvalue weighted by Gasteiger charge is 2.35. The van der Waals surface area contributed by atoms with Crippen molar-refractivity contribution in [3.8, 4) is 5.75 Å². The molecule has 0 saturated carbocycles. The zero-order chi connectivity index (χ0) is 18.8. The molecule has 0 fully saturated rings. The van der Waals surface area contributed by atoms with Crippen LogP contribution in [0.3, 0.4) is 0 Å². The van der Waals surface area contributed by atoms with Crippen molar-refractivity contribution >= 4 is 23.2 Å². The predicted octanol–water partition coefficient (Wildman–Crippen LogP) is 4.93. The summed E-state index contributed by atoms with van der Waals surface area (Å²) in [6.45, 7) is 0. The predicted molar refractivity (Wildman–Crippen MR) is 103 cm³/mol. The number of benzene rings is 2. The van der Waals surface area contributed by atoms with E-state index in [9.17, 15) is 4.79 Å². The Morgan fingerprint density at radius 3 is 2.78 bits per heavy atom. The van der Waals surface area contributed by atoms with Crippen molar-refractivity contribution in [2.75, 3.05) is 7.11 Å². The lowest BCUT2D eigenvalue weighted by atomic mass is 10.0. The van der Waals surface area contributed by atoms with Gasteiger partial charge in [-0.15, -0.1) is 0 Å². The number of hydrogen-bond donors (Lipinski definition) is 0. The Balaban J connectivity index is 1.72. The second-order valence-corrected chi connectivity index (χ2v) is 6.61. The van der Waals surface area contributed by atoms with E-state index in [0.29, 0.717) is 22.8 Å². The maximum Gasteiger partial charge on any atom is 0.274 e. The standard InChI is InChI=1S/C21H17ClN2O3/c1-26-17-8-3-5-14(12-17)18-13-19(20-9-4-10-27-20)24(23-18)21(25)15-6-2-7-16(22)11-15/h2-12,19H,13H2,1H3/t19-/m1/s1. The normalized spacial score (nSPS) is 16.3. The number of amides is 1. The van der Waals surface area contributed by atoms with Crippen LogP contribution < -0.4 is 4.74 Å². The molecule has 1 aliphatic rings. The van der Waals surface area contributed by atoms with E-state index in [0.717, 1.165) is 17.0 Å². The third-order valence-corrected chi connectivity index (χ3v) is 4.70. The quantitative estimate of drug-likeness (QED) is 0.644. The Hall–Kier alpha value is -3.05. The molecule has 1 aromatic heterocycles. The number of halogens is 1. The SMILES string of the molecule is COc1cccc(C2=NN(C(=O)c3cccc(Cl)c3)[C@@H](c3ccco3)C2)c1. The molecular weight excluding hydrogens is 364 g/mol. The zero-order valence-corrected chi connectivity index (χ0v) is 15.4. The van der Waals surface area contributed by atoms with Crippen LogP contribution in [0.4, 0.5) is 0 Å². The van der Waals surface area contributed by atoms with Gasteiger partial charge in [0, 0.05) is 22.6 Å². The van der Waals surface area contributed by atoms with Gasteiger partial charge in [0.25, 0.3) is 5.91 Å². The van der Waals surface area contributed by atoms with Gasteiger partial charge in [-0.1, -0.05) is 29.8 Å². The summed E-state index contributed by atoms with van der Waals surface area (Å²) >= 11 is 6.05. The van der Waals surface area contributed by atoms with Crippen LogP contribution in [0.1, 0.15) is 34.1 Å². The van der Waals surface area contributed by atoms with Crippen molar-refractivity contribution in [1.82, 2.24) is 5.01 Å². The molecular formula is C21H17ClN2O3. The fraction of sp³-hybridized carbons (Fsp3) is 0.143. The van der Waals surface area contributed by atoms with Gasteiger partial charge in [0.05, 0.1) is 19.1 Å². The fourth-order valence-electron chi connectivity index (χ4n) is 3.13. The Morgan fingerprint density at radius 1 is 1.19 bits per heavy atom. The molecule has 0 aliphatic carbocycles. The molecule has 0 saturated heterocycles. The zero-order valence-electron chi connectivity index (χ0n) is 14.6. The highest BCUT2D eigenvalue weighted by Crippen LogP contribution is 2.34. The van der Waals surface area contributed by atoms with Crippen LogP contribution >= 0.6 is 11.6 Å². The van der Waals surface area contributed by atoms with Crippen LogP contribution in [0.25, 0.3) is 0 Å². The van der Waals surface area contributed by atoms with E-state index < -0.39 is 0 Å². The van der Waals surface area contributed by atoms with E-state index in [2.05, 4.69) is 5.10 Å². The van der Waals surface area contributed by atoms with Gasteiger partial charge < -0.3 is 9.15 Å². The lowest BCUT2D eigenvalue weighted by Gasteiger charge is -2.20. The second-order valence-electron chi connectivity index (χ2n) is 6.17. The molecule has 136 valence electrons. The number of furan rings is 1. The average molecular weight is 381 g/mol. The van der Waals surface area contributed by atoms with E-state index in [1.165, 1.54) is 5.01 Å². The minimum absolute atomic E-state index is 0.225. The van der Waals surface area contributed by atoms with E-state index in [1.807, 2.05) is 30.3 Å². The van der Waals surface area contributed by atoms with Crippen LogP contribution in [0, 0.1) is 0 Å². The molecule has 3 aromatic rings. The highest BCUT2D eigenvalue weighted by atomic mass is 35.5. The number of hydrogen-bond acceptors (Lipinski definition) is 4. The van der Waals surface area contributed by atoms with Gasteiger partial charge in [0.2, 0.25) is 0 Å². The van der Waals surface area contributed by atoms with Crippen LogP contribution in [0.2, 0.25) is 5.02 Å². The summed E-state index contributed by atoms with van der Waals surface area (Å²) in [6.07, 6.45) is 2.15. The molecule has 0 radical (unpaired) electrons. The summed E-state index contributed by atoms with van der Waals surface area (Å²) in [5.41, 5.74) is 2.19. The molecule has 0 bridgehead atoms. The summed E-state index contributed by atoms with van der Waals surface area (Å²) in [5.74, 6) is 1.20. The maximum absolute atomic E-state index is 13.1. The first-order valence-electron chi connectivity index (χ1n) is 8.50. The van der Waals surface area contributed by atoms with Crippen LogP contribution in [0.5, 0.6) is 5.75 Å². The Bertz CT molecular complexity index is 998. The minimum Gasteiger partial charge on any atom is -0.497 e. The Kier molecular flexibility index (Phi) is 4.69. The lowest BCUT2D eigenvalue weighted by Crippen LogP contribution is -2.26. The molecule has 1 atom stereocenters. The summed E-state index contributed by atoms with van der Waals surface area (Å²) < 4.78 is 10.9. The number of carbonyl (C=O) groups excluding carboxylic acids is 1. The van der Waals surface area contributed by atoms with Gasteiger partial charge in [0.1, 0.15) is 17.6 Å². The van der Waals surface area contributed by atoms with Crippen molar-refractivity contribution in [3.63, 3.8) is 0 Å². The van der Waals surface area contributed by atoms with E-state index >= 15 is 0 Å². The van der Waals surface area contributed by atoms with Gasteiger partial charge in [-0.3, -0.25) is 4.79 Å². The number of nitrogens with zero attached hydrogens (tertiary/aromatic N) is 2. The summed E-state index contributed by atoms with van der Waals surface area (Å²) in [7, 11) is 1.62. The number of ether oxygens (including phenoxy) is 1. The number of rotatable bonds is 4. The number of carbonyl (C=O) groups is 1. The first-order valence-corrected chi connectivity index (χ1v) is 8.88. The molecule has 1 aliphatic heterocycles. The minimum atomic E-state index is -0.312. The molecule has 1 amide bonds. The third-order valence-electron chi connectivity index (χ3n) is 4.46. The van der Waals surface area contributed by atoms with E-state index in [-0.39, 0.29) is 11.9 Å². The lowest BCUT2D eigenvalue weighted by molar-refractivity contribution is 0.0693. The monoisotopic (exact) mass is 380 g/mol.